The number of fused-ring (bicyclic) bond motifs is 3. The van der Waals surface area contributed by atoms with Gasteiger partial charge in [-0.3, -0.25) is 4.79 Å². The highest BCUT2D eigenvalue weighted by molar-refractivity contribution is 5.95. The number of esters is 2. The number of carbonyl (C=O) groups excluding carboxylic acids is 2. The Labute approximate surface area is 159 Å². The number of carbonyl (C=O) groups is 2. The first-order valence-electron chi connectivity index (χ1n) is 9.54. The van der Waals surface area contributed by atoms with Crippen LogP contribution < -0.4 is 0 Å². The van der Waals surface area contributed by atoms with Gasteiger partial charge >= 0.3 is 11.9 Å². The van der Waals surface area contributed by atoms with E-state index in [-0.39, 0.29) is 36.2 Å². The van der Waals surface area contributed by atoms with Crippen LogP contribution in [0.1, 0.15) is 53.4 Å². The SMILES string of the molecule is CCC(C)C(=O)OCC1=C2C(=CC3(C)CCC(O)(O3)[C@H](C)C[C@@H]2O)OC1=O. The quantitative estimate of drug-likeness (QED) is 0.719. The van der Waals surface area contributed by atoms with E-state index in [1.165, 1.54) is 0 Å². The summed E-state index contributed by atoms with van der Waals surface area (Å²) in [6, 6.07) is 0. The normalized spacial score (nSPS) is 37.0. The van der Waals surface area contributed by atoms with E-state index >= 15 is 0 Å². The van der Waals surface area contributed by atoms with E-state index in [1.807, 2.05) is 13.8 Å². The molecular weight excluding hydrogens is 352 g/mol. The van der Waals surface area contributed by atoms with Gasteiger partial charge < -0.3 is 24.4 Å². The second kappa shape index (κ2) is 7.04. The molecule has 27 heavy (non-hydrogen) atoms. The van der Waals surface area contributed by atoms with Crippen LogP contribution in [0.25, 0.3) is 0 Å². The molecule has 7 heteroatoms. The Kier molecular flexibility index (Phi) is 5.22. The summed E-state index contributed by atoms with van der Waals surface area (Å²) in [5.41, 5.74) is -0.340. The van der Waals surface area contributed by atoms with Crippen LogP contribution in [0.2, 0.25) is 0 Å². The van der Waals surface area contributed by atoms with E-state index in [1.54, 1.807) is 19.9 Å². The highest BCUT2D eigenvalue weighted by Crippen LogP contribution is 2.47. The Bertz CT molecular complexity index is 709. The minimum absolute atomic E-state index is 0.144. The first-order chi connectivity index (χ1) is 12.6. The standard InChI is InChI=1S/C20H28O7/c1-5-11(2)17(22)25-10-13-16-14(21)8-12(3)20(24)7-6-19(4,27-20)9-15(16)26-18(13)23/h9,11-12,14,21,24H,5-8,10H2,1-4H3/t11?,12-,14+,19?,20?/m1/s1. The summed E-state index contributed by atoms with van der Waals surface area (Å²) in [6.45, 7) is 7.00. The number of hydrogen-bond donors (Lipinski definition) is 2. The average molecular weight is 380 g/mol. The molecule has 3 unspecified atom stereocenters. The van der Waals surface area contributed by atoms with Crippen molar-refractivity contribution in [1.82, 2.24) is 0 Å². The molecule has 2 bridgehead atoms. The number of ether oxygens (including phenoxy) is 3. The lowest BCUT2D eigenvalue weighted by Gasteiger charge is -2.32. The predicted octanol–water partition coefficient (Wildman–Crippen LogP) is 1.97. The Hall–Kier alpha value is -1.70. The third-order valence-electron chi connectivity index (χ3n) is 5.92. The fourth-order valence-electron chi connectivity index (χ4n) is 3.83. The second-order valence-electron chi connectivity index (χ2n) is 8.12. The number of hydrogen-bond acceptors (Lipinski definition) is 7. The fourth-order valence-corrected chi connectivity index (χ4v) is 3.83. The zero-order chi connectivity index (χ0) is 20.0. The van der Waals surface area contributed by atoms with Crippen LogP contribution in [0.5, 0.6) is 0 Å². The molecule has 2 N–H and O–H groups in total. The molecule has 1 fully saturated rings. The fraction of sp³-hybridized carbons (Fsp3) is 0.700. The highest BCUT2D eigenvalue weighted by atomic mass is 16.6. The molecule has 0 spiro atoms. The largest absolute Gasteiger partial charge is 0.460 e. The van der Waals surface area contributed by atoms with Crippen molar-refractivity contribution in [3.63, 3.8) is 0 Å². The summed E-state index contributed by atoms with van der Waals surface area (Å²) in [5.74, 6) is -2.76. The number of rotatable bonds is 4. The maximum Gasteiger partial charge on any atom is 0.343 e. The Balaban J connectivity index is 1.95. The summed E-state index contributed by atoms with van der Waals surface area (Å²) in [7, 11) is 0. The molecule has 0 aromatic carbocycles. The van der Waals surface area contributed by atoms with E-state index in [0.717, 1.165) is 0 Å². The monoisotopic (exact) mass is 380 g/mol. The lowest BCUT2D eigenvalue weighted by Crippen LogP contribution is -2.39. The lowest BCUT2D eigenvalue weighted by atomic mass is 9.86. The number of aliphatic hydroxyl groups is 2. The van der Waals surface area contributed by atoms with Crippen LogP contribution in [0.3, 0.4) is 0 Å². The molecule has 0 amide bonds. The van der Waals surface area contributed by atoms with E-state index in [0.29, 0.717) is 24.8 Å². The van der Waals surface area contributed by atoms with Crippen molar-refractivity contribution < 1.29 is 34.0 Å². The van der Waals surface area contributed by atoms with Crippen molar-refractivity contribution >= 4 is 11.9 Å². The molecule has 150 valence electrons. The molecule has 1 saturated heterocycles. The molecule has 3 aliphatic rings. The second-order valence-corrected chi connectivity index (χ2v) is 8.12. The predicted molar refractivity (Wildman–Crippen MR) is 95.1 cm³/mol. The van der Waals surface area contributed by atoms with Crippen LogP contribution >= 0.6 is 0 Å². The van der Waals surface area contributed by atoms with Crippen molar-refractivity contribution in [2.45, 2.75) is 70.9 Å². The van der Waals surface area contributed by atoms with Gasteiger partial charge in [0.25, 0.3) is 0 Å². The molecule has 7 nitrogen and oxygen atoms in total. The van der Waals surface area contributed by atoms with Crippen LogP contribution in [-0.2, 0) is 23.8 Å². The van der Waals surface area contributed by atoms with E-state index in [4.69, 9.17) is 14.2 Å². The molecule has 3 heterocycles. The zero-order valence-electron chi connectivity index (χ0n) is 16.3. The van der Waals surface area contributed by atoms with Crippen molar-refractivity contribution in [1.29, 1.82) is 0 Å². The molecule has 0 aromatic rings. The molecule has 0 aromatic heterocycles. The van der Waals surface area contributed by atoms with Crippen molar-refractivity contribution in [3.05, 3.63) is 23.0 Å². The van der Waals surface area contributed by atoms with Gasteiger partial charge in [0.05, 0.1) is 23.2 Å². The molecule has 5 atom stereocenters. The highest BCUT2D eigenvalue weighted by Gasteiger charge is 2.51. The van der Waals surface area contributed by atoms with Crippen molar-refractivity contribution in [3.8, 4) is 0 Å². The topological polar surface area (TPSA) is 102 Å². The smallest absolute Gasteiger partial charge is 0.343 e. The summed E-state index contributed by atoms with van der Waals surface area (Å²) in [6.07, 6.45) is 2.44. The Morgan fingerprint density at radius 2 is 2.15 bits per heavy atom. The Morgan fingerprint density at radius 1 is 1.44 bits per heavy atom. The molecule has 0 radical (unpaired) electrons. The summed E-state index contributed by atoms with van der Waals surface area (Å²) < 4.78 is 16.6. The molecule has 3 aliphatic heterocycles. The van der Waals surface area contributed by atoms with Crippen LogP contribution in [0.15, 0.2) is 23.0 Å². The van der Waals surface area contributed by atoms with Crippen LogP contribution in [-0.4, -0.2) is 46.3 Å². The average Bonchev–Trinajstić information content (AvgIpc) is 3.08. The zero-order valence-corrected chi connectivity index (χ0v) is 16.3. The van der Waals surface area contributed by atoms with Gasteiger partial charge in [0.1, 0.15) is 12.4 Å². The van der Waals surface area contributed by atoms with Gasteiger partial charge in [-0.1, -0.05) is 20.8 Å². The van der Waals surface area contributed by atoms with Gasteiger partial charge in [-0.25, -0.2) is 4.79 Å². The molecule has 3 rings (SSSR count). The van der Waals surface area contributed by atoms with Gasteiger partial charge in [0.15, 0.2) is 5.79 Å². The van der Waals surface area contributed by atoms with Gasteiger partial charge in [-0.2, -0.15) is 0 Å². The van der Waals surface area contributed by atoms with E-state index in [9.17, 15) is 19.8 Å². The maximum atomic E-state index is 12.4. The van der Waals surface area contributed by atoms with Crippen molar-refractivity contribution in [2.24, 2.45) is 11.8 Å². The maximum absolute atomic E-state index is 12.4. The minimum Gasteiger partial charge on any atom is -0.460 e. The third-order valence-corrected chi connectivity index (χ3v) is 5.92. The van der Waals surface area contributed by atoms with Gasteiger partial charge in [0, 0.05) is 17.9 Å². The first kappa shape index (κ1) is 20.0. The third kappa shape index (κ3) is 3.68. The number of aliphatic hydroxyl groups excluding tert-OH is 1. The van der Waals surface area contributed by atoms with Gasteiger partial charge in [-0.15, -0.1) is 0 Å². The lowest BCUT2D eigenvalue weighted by molar-refractivity contribution is -0.238. The van der Waals surface area contributed by atoms with Crippen molar-refractivity contribution in [2.75, 3.05) is 6.61 Å². The van der Waals surface area contributed by atoms with E-state index < -0.39 is 29.4 Å². The Morgan fingerprint density at radius 3 is 2.81 bits per heavy atom. The molecule has 0 saturated carbocycles. The van der Waals surface area contributed by atoms with Gasteiger partial charge in [-0.05, 0) is 32.3 Å². The van der Waals surface area contributed by atoms with E-state index in [2.05, 4.69) is 0 Å². The molecular formula is C20H28O7. The minimum atomic E-state index is -1.33. The van der Waals surface area contributed by atoms with Gasteiger partial charge in [0.2, 0.25) is 0 Å². The molecule has 0 aliphatic carbocycles. The summed E-state index contributed by atoms with van der Waals surface area (Å²) >= 11 is 0. The first-order valence-corrected chi connectivity index (χ1v) is 9.54. The summed E-state index contributed by atoms with van der Waals surface area (Å²) in [4.78, 5) is 24.4. The van der Waals surface area contributed by atoms with Crippen LogP contribution in [0.4, 0.5) is 0 Å². The summed E-state index contributed by atoms with van der Waals surface area (Å²) in [5, 5.41) is 21.6. The van der Waals surface area contributed by atoms with Crippen LogP contribution in [0, 0.1) is 11.8 Å².